The summed E-state index contributed by atoms with van der Waals surface area (Å²) in [6, 6.07) is 6.02. The normalized spacial score (nSPS) is 12.9. The van der Waals surface area contributed by atoms with Gasteiger partial charge >= 0.3 is 0 Å². The smallest absolute Gasteiger partial charge is 0.138 e. The minimum absolute atomic E-state index is 0.463. The first kappa shape index (κ1) is 10.3. The van der Waals surface area contributed by atoms with Crippen molar-refractivity contribution in [3.63, 3.8) is 0 Å². The Balaban J connectivity index is 2.17. The van der Waals surface area contributed by atoms with Crippen LogP contribution in [0.15, 0.2) is 30.6 Å². The molecule has 0 spiro atoms. The van der Waals surface area contributed by atoms with E-state index in [1.165, 1.54) is 0 Å². The van der Waals surface area contributed by atoms with Crippen molar-refractivity contribution >= 4 is 23.1 Å². The minimum Gasteiger partial charge on any atom is -0.371 e. The second-order valence-electron chi connectivity index (χ2n) is 3.71. The third kappa shape index (κ3) is 2.23. The maximum Gasteiger partial charge on any atom is 0.138 e. The maximum atomic E-state index is 5.76. The Labute approximate surface area is 94.1 Å². The fourth-order valence-electron chi connectivity index (χ4n) is 1.43. The number of nitrogens with one attached hydrogen (secondary N) is 1. The Morgan fingerprint density at radius 3 is 3.20 bits per heavy atom. The summed E-state index contributed by atoms with van der Waals surface area (Å²) in [6.07, 6.45) is 3.74. The molecule has 0 radical (unpaired) electrons. The van der Waals surface area contributed by atoms with Crippen LogP contribution < -0.4 is 5.32 Å². The Morgan fingerprint density at radius 1 is 1.53 bits per heavy atom. The molecule has 0 aliphatic carbocycles. The number of hydrogen-bond donors (Lipinski definition) is 1. The molecule has 2 aromatic heterocycles. The third-order valence-electron chi connectivity index (χ3n) is 2.32. The molecule has 2 rings (SSSR count). The van der Waals surface area contributed by atoms with Gasteiger partial charge in [0.05, 0.1) is 0 Å². The average molecular weight is 224 g/mol. The number of rotatable bonds is 4. The van der Waals surface area contributed by atoms with Gasteiger partial charge in [-0.25, -0.2) is 4.98 Å². The first-order valence-corrected chi connectivity index (χ1v) is 5.56. The third-order valence-corrected chi connectivity index (χ3v) is 2.85. The molecule has 0 fully saturated rings. The lowest BCUT2D eigenvalue weighted by molar-refractivity contribution is 0.694. The first-order valence-electron chi connectivity index (χ1n) is 5.03. The highest BCUT2D eigenvalue weighted by Crippen LogP contribution is 2.11. The van der Waals surface area contributed by atoms with Gasteiger partial charge in [0.2, 0.25) is 0 Å². The van der Waals surface area contributed by atoms with Gasteiger partial charge in [-0.05, 0) is 18.1 Å². The molecule has 0 aliphatic rings. The largest absolute Gasteiger partial charge is 0.371 e. The molecule has 2 heterocycles. The number of imidazole rings is 1. The highest BCUT2D eigenvalue weighted by molar-refractivity contribution is 6.18. The lowest BCUT2D eigenvalue weighted by Gasteiger charge is -2.11. The van der Waals surface area contributed by atoms with Gasteiger partial charge < -0.3 is 5.32 Å². The van der Waals surface area contributed by atoms with Crippen LogP contribution in [-0.2, 0) is 0 Å². The number of halogens is 1. The number of fused-ring (bicyclic) bond motifs is 1. The molecule has 1 unspecified atom stereocenters. The van der Waals surface area contributed by atoms with Gasteiger partial charge in [0.1, 0.15) is 11.5 Å². The van der Waals surface area contributed by atoms with Gasteiger partial charge in [-0.2, -0.15) is 0 Å². The molecule has 2 aromatic rings. The molecule has 4 heteroatoms. The second kappa shape index (κ2) is 4.53. The zero-order valence-electron chi connectivity index (χ0n) is 8.65. The van der Waals surface area contributed by atoms with Crippen molar-refractivity contribution in [2.24, 2.45) is 5.92 Å². The molecule has 0 saturated carbocycles. The minimum atomic E-state index is 0.463. The van der Waals surface area contributed by atoms with Crippen LogP contribution >= 0.6 is 11.6 Å². The van der Waals surface area contributed by atoms with Crippen molar-refractivity contribution in [2.45, 2.75) is 6.92 Å². The van der Waals surface area contributed by atoms with Crippen LogP contribution in [0, 0.1) is 5.92 Å². The van der Waals surface area contributed by atoms with Gasteiger partial charge in [0, 0.05) is 24.8 Å². The number of hydrogen-bond acceptors (Lipinski definition) is 2. The van der Waals surface area contributed by atoms with Gasteiger partial charge in [-0.15, -0.1) is 11.6 Å². The molecule has 0 amide bonds. The second-order valence-corrected chi connectivity index (χ2v) is 4.02. The molecule has 1 atom stereocenters. The van der Waals surface area contributed by atoms with Crippen molar-refractivity contribution in [3.05, 3.63) is 30.6 Å². The van der Waals surface area contributed by atoms with E-state index in [9.17, 15) is 0 Å². The van der Waals surface area contributed by atoms with Crippen LogP contribution in [0.25, 0.3) is 5.65 Å². The summed E-state index contributed by atoms with van der Waals surface area (Å²) < 4.78 is 2.03. The monoisotopic (exact) mass is 223 g/mol. The molecule has 0 saturated heterocycles. The molecule has 1 N–H and O–H groups in total. The first-order chi connectivity index (χ1) is 7.31. The summed E-state index contributed by atoms with van der Waals surface area (Å²) in [5.74, 6) is 2.19. The summed E-state index contributed by atoms with van der Waals surface area (Å²) in [5, 5.41) is 3.36. The highest BCUT2D eigenvalue weighted by Gasteiger charge is 2.02. The van der Waals surface area contributed by atoms with Crippen LogP contribution in [0.1, 0.15) is 6.92 Å². The van der Waals surface area contributed by atoms with Gasteiger partial charge in [0.25, 0.3) is 0 Å². The van der Waals surface area contributed by atoms with E-state index in [1.807, 2.05) is 28.8 Å². The molecule has 3 nitrogen and oxygen atoms in total. The maximum absolute atomic E-state index is 5.76. The van der Waals surface area contributed by atoms with E-state index < -0.39 is 0 Å². The molecular formula is C11H14ClN3. The Morgan fingerprint density at radius 2 is 2.40 bits per heavy atom. The molecular weight excluding hydrogens is 210 g/mol. The fraction of sp³-hybridized carbons (Fsp3) is 0.364. The molecule has 80 valence electrons. The summed E-state index contributed by atoms with van der Waals surface area (Å²) >= 11 is 5.76. The van der Waals surface area contributed by atoms with Crippen LogP contribution in [0.3, 0.4) is 0 Å². The Kier molecular flexibility index (Phi) is 3.11. The van der Waals surface area contributed by atoms with Crippen LogP contribution in [-0.4, -0.2) is 21.8 Å². The lowest BCUT2D eigenvalue weighted by Crippen LogP contribution is -2.14. The molecule has 15 heavy (non-hydrogen) atoms. The van der Waals surface area contributed by atoms with Gasteiger partial charge in [-0.3, -0.25) is 4.40 Å². The van der Waals surface area contributed by atoms with E-state index in [0.717, 1.165) is 18.0 Å². The predicted molar refractivity (Wildman–Crippen MR) is 63.6 cm³/mol. The summed E-state index contributed by atoms with van der Waals surface area (Å²) in [6.45, 7) is 2.99. The number of alkyl halides is 1. The zero-order valence-corrected chi connectivity index (χ0v) is 9.41. The Bertz CT molecular complexity index is 438. The van der Waals surface area contributed by atoms with Crippen LogP contribution in [0.5, 0.6) is 0 Å². The average Bonchev–Trinajstić information content (AvgIpc) is 2.74. The SMILES string of the molecule is CC(CCl)CNc1cccc2nccn12. The molecule has 0 aromatic carbocycles. The van der Waals surface area contributed by atoms with E-state index in [2.05, 4.69) is 17.2 Å². The topological polar surface area (TPSA) is 29.3 Å². The van der Waals surface area contributed by atoms with Crippen molar-refractivity contribution in [1.82, 2.24) is 9.38 Å². The van der Waals surface area contributed by atoms with Crippen molar-refractivity contribution in [2.75, 3.05) is 17.7 Å². The van der Waals surface area contributed by atoms with E-state index in [-0.39, 0.29) is 0 Å². The number of aromatic nitrogens is 2. The lowest BCUT2D eigenvalue weighted by atomic mass is 10.2. The van der Waals surface area contributed by atoms with Crippen molar-refractivity contribution < 1.29 is 0 Å². The Hall–Kier alpha value is -1.22. The number of nitrogens with zero attached hydrogens (tertiary/aromatic N) is 2. The molecule has 0 aliphatic heterocycles. The summed E-state index contributed by atoms with van der Waals surface area (Å²) in [5.41, 5.74) is 0.957. The van der Waals surface area contributed by atoms with E-state index in [1.54, 1.807) is 6.20 Å². The van der Waals surface area contributed by atoms with Crippen molar-refractivity contribution in [1.29, 1.82) is 0 Å². The van der Waals surface area contributed by atoms with Gasteiger partial charge in [0.15, 0.2) is 0 Å². The van der Waals surface area contributed by atoms with E-state index in [4.69, 9.17) is 11.6 Å². The van der Waals surface area contributed by atoms with Crippen LogP contribution in [0.2, 0.25) is 0 Å². The van der Waals surface area contributed by atoms with E-state index >= 15 is 0 Å². The molecule has 0 bridgehead atoms. The number of pyridine rings is 1. The quantitative estimate of drug-likeness (QED) is 0.808. The fourth-order valence-corrected chi connectivity index (χ4v) is 1.53. The number of anilines is 1. The summed E-state index contributed by atoms with van der Waals surface area (Å²) in [4.78, 5) is 4.22. The van der Waals surface area contributed by atoms with E-state index in [0.29, 0.717) is 11.8 Å². The predicted octanol–water partition coefficient (Wildman–Crippen LogP) is 2.62. The zero-order chi connectivity index (χ0) is 10.7. The van der Waals surface area contributed by atoms with Crippen LogP contribution in [0.4, 0.5) is 5.82 Å². The highest BCUT2D eigenvalue weighted by atomic mass is 35.5. The van der Waals surface area contributed by atoms with Gasteiger partial charge in [-0.1, -0.05) is 13.0 Å². The van der Waals surface area contributed by atoms with Crippen molar-refractivity contribution in [3.8, 4) is 0 Å². The standard InChI is InChI=1S/C11H14ClN3/c1-9(7-12)8-14-11-4-2-3-10-13-5-6-15(10)11/h2-6,9,14H,7-8H2,1H3. The summed E-state index contributed by atoms with van der Waals surface area (Å²) in [7, 11) is 0.